The molecule has 1 aromatic rings. The molecule has 0 radical (unpaired) electrons. The second kappa shape index (κ2) is 11.3. The zero-order valence-corrected chi connectivity index (χ0v) is 15.4. The van der Waals surface area contributed by atoms with E-state index < -0.39 is 0 Å². The lowest BCUT2D eigenvalue weighted by Gasteiger charge is -2.22. The second-order valence-electron chi connectivity index (χ2n) is 5.16. The third kappa shape index (κ3) is 7.49. The van der Waals surface area contributed by atoms with Crippen LogP contribution in [0.25, 0.3) is 0 Å². The summed E-state index contributed by atoms with van der Waals surface area (Å²) >= 11 is 11.9. The molecule has 2 amide bonds. The maximum atomic E-state index is 12.2. The summed E-state index contributed by atoms with van der Waals surface area (Å²) in [5.74, 6) is -0.441. The Balaban J connectivity index is 2.56. The first-order valence-electron chi connectivity index (χ1n) is 7.70. The topological polar surface area (TPSA) is 70.7 Å². The third-order valence-electron chi connectivity index (χ3n) is 3.15. The van der Waals surface area contributed by atoms with Crippen molar-refractivity contribution >= 4 is 40.7 Å². The van der Waals surface area contributed by atoms with Crippen LogP contribution in [0.4, 0.5) is 5.69 Å². The molecule has 1 aromatic carbocycles. The Bertz CT molecular complexity index is 555. The van der Waals surface area contributed by atoms with Gasteiger partial charge >= 0.3 is 0 Å². The fraction of sp³-hybridized carbons (Fsp3) is 0.500. The lowest BCUT2D eigenvalue weighted by molar-refractivity contribution is -0.133. The number of nitrogens with one attached hydrogen (secondary N) is 2. The van der Waals surface area contributed by atoms with E-state index in [2.05, 4.69) is 10.6 Å². The summed E-state index contributed by atoms with van der Waals surface area (Å²) in [4.78, 5) is 25.9. The molecule has 1 rings (SSSR count). The molecule has 0 spiro atoms. The van der Waals surface area contributed by atoms with Crippen LogP contribution in [0.3, 0.4) is 0 Å². The predicted molar refractivity (Wildman–Crippen MR) is 96.7 cm³/mol. The fourth-order valence-corrected chi connectivity index (χ4v) is 2.45. The van der Waals surface area contributed by atoms with E-state index in [-0.39, 0.29) is 24.9 Å². The fourth-order valence-electron chi connectivity index (χ4n) is 2.00. The van der Waals surface area contributed by atoms with Crippen LogP contribution >= 0.6 is 23.2 Å². The van der Waals surface area contributed by atoms with Gasteiger partial charge in [0, 0.05) is 25.2 Å². The molecule has 6 nitrogen and oxygen atoms in total. The summed E-state index contributed by atoms with van der Waals surface area (Å²) < 4.78 is 4.91. The van der Waals surface area contributed by atoms with Gasteiger partial charge in [0.15, 0.2) is 0 Å². The largest absolute Gasteiger partial charge is 0.383 e. The number of hydrogen-bond acceptors (Lipinski definition) is 4. The number of methoxy groups -OCH3 is 1. The standard InChI is InChI=1S/C16H23Cl2N3O3/c1-3-7-21(16(23)10-19-6-8-24-2)11-15(22)20-14-5-4-12(17)9-13(14)18/h4-5,9,19H,3,6-8,10-11H2,1-2H3,(H,20,22). The first-order chi connectivity index (χ1) is 11.5. The average molecular weight is 376 g/mol. The van der Waals surface area contributed by atoms with Crippen LogP contribution in [0, 0.1) is 0 Å². The van der Waals surface area contributed by atoms with E-state index in [0.717, 1.165) is 6.42 Å². The van der Waals surface area contributed by atoms with Gasteiger partial charge in [-0.1, -0.05) is 30.1 Å². The van der Waals surface area contributed by atoms with E-state index >= 15 is 0 Å². The molecule has 0 unspecified atom stereocenters. The summed E-state index contributed by atoms with van der Waals surface area (Å²) in [7, 11) is 1.60. The van der Waals surface area contributed by atoms with Crippen molar-refractivity contribution < 1.29 is 14.3 Å². The van der Waals surface area contributed by atoms with Crippen LogP contribution in [0.5, 0.6) is 0 Å². The molecule has 0 saturated heterocycles. The molecular weight excluding hydrogens is 353 g/mol. The van der Waals surface area contributed by atoms with Crippen molar-refractivity contribution in [1.82, 2.24) is 10.2 Å². The highest BCUT2D eigenvalue weighted by atomic mass is 35.5. The maximum Gasteiger partial charge on any atom is 0.244 e. The number of anilines is 1. The number of hydrogen-bond donors (Lipinski definition) is 2. The molecule has 0 bridgehead atoms. The monoisotopic (exact) mass is 375 g/mol. The summed E-state index contributed by atoms with van der Waals surface area (Å²) in [6.07, 6.45) is 0.763. The van der Waals surface area contributed by atoms with Gasteiger partial charge in [0.2, 0.25) is 11.8 Å². The minimum absolute atomic E-state index is 0.0302. The number of amides is 2. The molecule has 0 heterocycles. The van der Waals surface area contributed by atoms with Crippen LogP contribution in [0.15, 0.2) is 18.2 Å². The number of halogens is 2. The summed E-state index contributed by atoms with van der Waals surface area (Å²) in [6, 6.07) is 4.81. The van der Waals surface area contributed by atoms with Crippen molar-refractivity contribution in [2.45, 2.75) is 13.3 Å². The van der Waals surface area contributed by atoms with E-state index in [1.54, 1.807) is 25.3 Å². The van der Waals surface area contributed by atoms with Gasteiger partial charge in [0.05, 0.1) is 30.4 Å². The predicted octanol–water partition coefficient (Wildman–Crippen LogP) is 2.41. The van der Waals surface area contributed by atoms with Gasteiger partial charge in [-0.2, -0.15) is 0 Å². The highest BCUT2D eigenvalue weighted by Crippen LogP contribution is 2.25. The van der Waals surface area contributed by atoms with E-state index in [1.807, 2.05) is 6.92 Å². The molecule has 8 heteroatoms. The first-order valence-corrected chi connectivity index (χ1v) is 8.45. The molecule has 134 valence electrons. The minimum Gasteiger partial charge on any atom is -0.383 e. The third-order valence-corrected chi connectivity index (χ3v) is 3.69. The zero-order valence-electron chi connectivity index (χ0n) is 13.9. The molecule has 2 N–H and O–H groups in total. The summed E-state index contributed by atoms with van der Waals surface area (Å²) in [6.45, 7) is 3.69. The molecule has 0 aromatic heterocycles. The van der Waals surface area contributed by atoms with Crippen molar-refractivity contribution in [3.05, 3.63) is 28.2 Å². The van der Waals surface area contributed by atoms with Gasteiger partial charge < -0.3 is 20.3 Å². The second-order valence-corrected chi connectivity index (χ2v) is 6.00. The van der Waals surface area contributed by atoms with E-state index in [9.17, 15) is 9.59 Å². The van der Waals surface area contributed by atoms with Gasteiger partial charge in [0.25, 0.3) is 0 Å². The lowest BCUT2D eigenvalue weighted by atomic mass is 10.3. The maximum absolute atomic E-state index is 12.2. The van der Waals surface area contributed by atoms with E-state index in [4.69, 9.17) is 27.9 Å². The first kappa shape index (κ1) is 20.7. The molecule has 0 aliphatic heterocycles. The Morgan fingerprint density at radius 1 is 1.29 bits per heavy atom. The Labute approximate surface area is 152 Å². The number of rotatable bonds is 10. The van der Waals surface area contributed by atoms with Crippen LogP contribution < -0.4 is 10.6 Å². The Morgan fingerprint density at radius 2 is 2.04 bits per heavy atom. The van der Waals surface area contributed by atoms with Crippen molar-refractivity contribution in [1.29, 1.82) is 0 Å². The Morgan fingerprint density at radius 3 is 2.67 bits per heavy atom. The van der Waals surface area contributed by atoms with Gasteiger partial charge in [-0.25, -0.2) is 0 Å². The summed E-state index contributed by atoms with van der Waals surface area (Å²) in [5.41, 5.74) is 0.466. The van der Waals surface area contributed by atoms with E-state index in [0.29, 0.717) is 35.4 Å². The highest BCUT2D eigenvalue weighted by molar-refractivity contribution is 6.36. The van der Waals surface area contributed by atoms with Crippen molar-refractivity contribution in [3.8, 4) is 0 Å². The average Bonchev–Trinajstić information content (AvgIpc) is 2.53. The summed E-state index contributed by atoms with van der Waals surface area (Å²) in [5, 5.41) is 6.51. The van der Waals surface area contributed by atoms with Gasteiger partial charge in [-0.05, 0) is 24.6 Å². The molecule has 0 aliphatic carbocycles. The number of benzene rings is 1. The van der Waals surface area contributed by atoms with Crippen LogP contribution in [0.2, 0.25) is 10.0 Å². The number of nitrogens with zero attached hydrogens (tertiary/aromatic N) is 1. The quantitative estimate of drug-likeness (QED) is 0.616. The van der Waals surface area contributed by atoms with Crippen molar-refractivity contribution in [2.24, 2.45) is 0 Å². The normalized spacial score (nSPS) is 10.5. The lowest BCUT2D eigenvalue weighted by Crippen LogP contribution is -2.43. The van der Waals surface area contributed by atoms with Crippen LogP contribution in [-0.2, 0) is 14.3 Å². The SMILES string of the molecule is CCCN(CC(=O)Nc1ccc(Cl)cc1Cl)C(=O)CNCCOC. The molecule has 0 fully saturated rings. The molecule has 0 atom stereocenters. The Hall–Kier alpha value is -1.34. The van der Waals surface area contributed by atoms with Crippen molar-refractivity contribution in [3.63, 3.8) is 0 Å². The van der Waals surface area contributed by atoms with Crippen molar-refractivity contribution in [2.75, 3.05) is 45.2 Å². The molecule has 0 aliphatic rings. The number of ether oxygens (including phenoxy) is 1. The van der Waals surface area contributed by atoms with Crippen LogP contribution in [0.1, 0.15) is 13.3 Å². The minimum atomic E-state index is -0.307. The van der Waals surface area contributed by atoms with E-state index in [1.165, 1.54) is 4.90 Å². The van der Waals surface area contributed by atoms with Gasteiger partial charge in [0.1, 0.15) is 0 Å². The van der Waals surface area contributed by atoms with Gasteiger partial charge in [-0.15, -0.1) is 0 Å². The smallest absolute Gasteiger partial charge is 0.244 e. The van der Waals surface area contributed by atoms with Gasteiger partial charge in [-0.3, -0.25) is 9.59 Å². The zero-order chi connectivity index (χ0) is 17.9. The molecular formula is C16H23Cl2N3O3. The number of carbonyl (C=O) groups excluding carboxylic acids is 2. The molecule has 24 heavy (non-hydrogen) atoms. The number of carbonyl (C=O) groups is 2. The highest BCUT2D eigenvalue weighted by Gasteiger charge is 2.16. The Kier molecular flexibility index (Phi) is 9.71. The molecule has 0 saturated carbocycles. The van der Waals surface area contributed by atoms with Crippen LogP contribution in [-0.4, -0.2) is 56.6 Å².